The van der Waals surface area contributed by atoms with E-state index in [1.165, 1.54) is 0 Å². The number of alkyl halides is 1. The monoisotopic (exact) mass is 135 g/mol. The fraction of sp³-hybridized carbons (Fsp3) is 1.00. The van der Waals surface area contributed by atoms with Gasteiger partial charge in [0.2, 0.25) is 0 Å². The third-order valence-corrected chi connectivity index (χ3v) is 1.94. The standard InChI is InChI=1S/C6H12ClO/c1-4(2)6(7)5(3)8/h4-6H,1-3H3. The zero-order valence-corrected chi connectivity index (χ0v) is 6.27. The zero-order chi connectivity index (χ0) is 6.73. The van der Waals surface area contributed by atoms with Crippen LogP contribution in [0.25, 0.3) is 0 Å². The van der Waals surface area contributed by atoms with Crippen LogP contribution in [0, 0.1) is 5.92 Å². The summed E-state index contributed by atoms with van der Waals surface area (Å²) in [4.78, 5) is 0. The largest absolute Gasteiger partial charge is 0.232 e. The molecule has 0 saturated heterocycles. The molecule has 2 unspecified atom stereocenters. The normalized spacial score (nSPS) is 18.8. The molecule has 0 N–H and O–H groups in total. The van der Waals surface area contributed by atoms with Gasteiger partial charge in [-0.15, -0.1) is 11.6 Å². The summed E-state index contributed by atoms with van der Waals surface area (Å²) in [5.74, 6) is 0.296. The lowest BCUT2D eigenvalue weighted by molar-refractivity contribution is 0.0901. The minimum atomic E-state index is -0.642. The van der Waals surface area contributed by atoms with Crippen LogP contribution in [0.5, 0.6) is 0 Å². The highest BCUT2D eigenvalue weighted by molar-refractivity contribution is 6.21. The molecule has 0 aromatic heterocycles. The van der Waals surface area contributed by atoms with Crippen molar-refractivity contribution in [2.24, 2.45) is 5.92 Å². The lowest BCUT2D eigenvalue weighted by Crippen LogP contribution is -2.20. The first kappa shape index (κ1) is 8.25. The maximum atomic E-state index is 10.5. The molecule has 2 atom stereocenters. The quantitative estimate of drug-likeness (QED) is 0.517. The average molecular weight is 136 g/mol. The van der Waals surface area contributed by atoms with Crippen LogP contribution in [0.1, 0.15) is 20.8 Å². The first-order chi connectivity index (χ1) is 3.55. The van der Waals surface area contributed by atoms with Crippen LogP contribution >= 0.6 is 11.6 Å². The smallest absolute Gasteiger partial charge is 0.107 e. The van der Waals surface area contributed by atoms with Crippen LogP contribution in [0.15, 0.2) is 0 Å². The predicted molar refractivity (Wildman–Crippen MR) is 34.6 cm³/mol. The van der Waals surface area contributed by atoms with Crippen molar-refractivity contribution >= 4 is 11.6 Å². The summed E-state index contributed by atoms with van der Waals surface area (Å²) in [5.41, 5.74) is 0. The van der Waals surface area contributed by atoms with Gasteiger partial charge in [-0.2, -0.15) is 0 Å². The highest BCUT2D eigenvalue weighted by Gasteiger charge is 2.15. The summed E-state index contributed by atoms with van der Waals surface area (Å²) in [5, 5.41) is 10.3. The van der Waals surface area contributed by atoms with Crippen LogP contribution < -0.4 is 0 Å². The van der Waals surface area contributed by atoms with Crippen LogP contribution in [-0.4, -0.2) is 11.5 Å². The molecule has 8 heavy (non-hydrogen) atoms. The second kappa shape index (κ2) is 3.31. The Morgan fingerprint density at radius 2 is 1.62 bits per heavy atom. The lowest BCUT2D eigenvalue weighted by Gasteiger charge is -2.13. The van der Waals surface area contributed by atoms with Crippen molar-refractivity contribution in [1.82, 2.24) is 0 Å². The third kappa shape index (κ3) is 2.53. The van der Waals surface area contributed by atoms with E-state index in [0.29, 0.717) is 5.92 Å². The van der Waals surface area contributed by atoms with Crippen molar-refractivity contribution in [1.29, 1.82) is 0 Å². The highest BCUT2D eigenvalue weighted by atomic mass is 35.5. The summed E-state index contributed by atoms with van der Waals surface area (Å²) in [6.07, 6.45) is -0.642. The van der Waals surface area contributed by atoms with Crippen LogP contribution in [0.2, 0.25) is 0 Å². The zero-order valence-electron chi connectivity index (χ0n) is 5.52. The van der Waals surface area contributed by atoms with Crippen molar-refractivity contribution in [3.63, 3.8) is 0 Å². The molecule has 0 aromatic carbocycles. The average Bonchev–Trinajstić information content (AvgIpc) is 1.64. The fourth-order valence-corrected chi connectivity index (χ4v) is 0.542. The molecule has 0 heterocycles. The Labute approximate surface area is 55.7 Å². The molecule has 49 valence electrons. The molecular weight excluding hydrogens is 124 g/mol. The Balaban J connectivity index is 3.46. The second-order valence-corrected chi connectivity index (χ2v) is 2.90. The summed E-state index contributed by atoms with van der Waals surface area (Å²) in [7, 11) is 0. The van der Waals surface area contributed by atoms with E-state index in [-0.39, 0.29) is 5.38 Å². The van der Waals surface area contributed by atoms with E-state index >= 15 is 0 Å². The van der Waals surface area contributed by atoms with E-state index in [1.807, 2.05) is 13.8 Å². The summed E-state index contributed by atoms with van der Waals surface area (Å²) in [6, 6.07) is 0. The van der Waals surface area contributed by atoms with Crippen LogP contribution in [0.4, 0.5) is 0 Å². The van der Waals surface area contributed by atoms with E-state index in [2.05, 4.69) is 0 Å². The number of hydrogen-bond donors (Lipinski definition) is 0. The van der Waals surface area contributed by atoms with Gasteiger partial charge in [-0.05, 0) is 12.8 Å². The van der Waals surface area contributed by atoms with Gasteiger partial charge in [0, 0.05) is 0 Å². The van der Waals surface area contributed by atoms with Crippen molar-refractivity contribution in [2.45, 2.75) is 32.3 Å². The molecule has 0 bridgehead atoms. The van der Waals surface area contributed by atoms with E-state index in [4.69, 9.17) is 11.6 Å². The Bertz CT molecular complexity index is 53.5. The van der Waals surface area contributed by atoms with E-state index < -0.39 is 6.10 Å². The Morgan fingerprint density at radius 1 is 1.25 bits per heavy atom. The molecule has 0 aliphatic heterocycles. The summed E-state index contributed by atoms with van der Waals surface area (Å²) < 4.78 is 0. The molecule has 0 saturated carbocycles. The molecular formula is C6H12ClO. The number of rotatable bonds is 2. The van der Waals surface area contributed by atoms with Crippen LogP contribution in [-0.2, 0) is 5.11 Å². The molecule has 0 aromatic rings. The Morgan fingerprint density at radius 3 is 1.62 bits per heavy atom. The van der Waals surface area contributed by atoms with Gasteiger partial charge >= 0.3 is 0 Å². The summed E-state index contributed by atoms with van der Waals surface area (Å²) in [6.45, 7) is 5.50. The van der Waals surface area contributed by atoms with Crippen molar-refractivity contribution in [3.8, 4) is 0 Å². The molecule has 0 spiro atoms. The molecule has 0 aliphatic carbocycles. The van der Waals surface area contributed by atoms with Gasteiger partial charge in [0.1, 0.15) is 6.10 Å². The van der Waals surface area contributed by atoms with E-state index in [0.717, 1.165) is 0 Å². The molecule has 2 heteroatoms. The van der Waals surface area contributed by atoms with Gasteiger partial charge in [0.15, 0.2) is 0 Å². The minimum absolute atomic E-state index is 0.213. The molecule has 0 amide bonds. The molecule has 0 rings (SSSR count). The fourth-order valence-electron chi connectivity index (χ4n) is 0.542. The first-order valence-electron chi connectivity index (χ1n) is 2.85. The Kier molecular flexibility index (Phi) is 3.41. The van der Waals surface area contributed by atoms with Crippen LogP contribution in [0.3, 0.4) is 0 Å². The predicted octanol–water partition coefficient (Wildman–Crippen LogP) is 2.07. The second-order valence-electron chi connectivity index (χ2n) is 2.39. The van der Waals surface area contributed by atoms with E-state index in [9.17, 15) is 5.11 Å². The van der Waals surface area contributed by atoms with Gasteiger partial charge in [-0.1, -0.05) is 13.8 Å². The number of halogens is 1. The number of hydrogen-bond acceptors (Lipinski definition) is 0. The van der Waals surface area contributed by atoms with Gasteiger partial charge in [-0.25, -0.2) is 5.11 Å². The third-order valence-electron chi connectivity index (χ3n) is 1.09. The van der Waals surface area contributed by atoms with Gasteiger partial charge in [0.25, 0.3) is 0 Å². The SMILES string of the molecule is CC(C)C(Cl)C(C)[O]. The first-order valence-corrected chi connectivity index (χ1v) is 3.29. The van der Waals surface area contributed by atoms with Crippen molar-refractivity contribution in [2.75, 3.05) is 0 Å². The van der Waals surface area contributed by atoms with Crippen molar-refractivity contribution in [3.05, 3.63) is 0 Å². The lowest BCUT2D eigenvalue weighted by atomic mass is 10.1. The Hall–Kier alpha value is 0.250. The molecule has 0 fully saturated rings. The van der Waals surface area contributed by atoms with Gasteiger partial charge in [-0.3, -0.25) is 0 Å². The molecule has 0 aliphatic rings. The minimum Gasteiger partial charge on any atom is -0.232 e. The topological polar surface area (TPSA) is 19.9 Å². The highest BCUT2D eigenvalue weighted by Crippen LogP contribution is 2.13. The van der Waals surface area contributed by atoms with Gasteiger partial charge < -0.3 is 0 Å². The summed E-state index contributed by atoms with van der Waals surface area (Å²) >= 11 is 5.64. The maximum absolute atomic E-state index is 10.5. The van der Waals surface area contributed by atoms with Crippen molar-refractivity contribution < 1.29 is 5.11 Å². The molecule has 1 radical (unpaired) electrons. The maximum Gasteiger partial charge on any atom is 0.107 e. The molecule has 1 nitrogen and oxygen atoms in total. The van der Waals surface area contributed by atoms with E-state index in [1.54, 1.807) is 6.92 Å². The van der Waals surface area contributed by atoms with Gasteiger partial charge in [0.05, 0.1) is 5.38 Å².